The van der Waals surface area contributed by atoms with Crippen molar-refractivity contribution in [1.29, 1.82) is 0 Å². The number of nitrogens with one attached hydrogen (secondary N) is 2. The van der Waals surface area contributed by atoms with Gasteiger partial charge in [0, 0.05) is 34.3 Å². The molecular formula is C23H24N2O5S. The number of aromatic nitrogens is 1. The van der Waals surface area contributed by atoms with Crippen molar-refractivity contribution in [3.63, 3.8) is 0 Å². The van der Waals surface area contributed by atoms with E-state index in [-0.39, 0.29) is 28.5 Å². The minimum Gasteiger partial charge on any atom is -0.462 e. The Morgan fingerprint density at radius 2 is 1.97 bits per heavy atom. The average molecular weight is 441 g/mol. The third-order valence-electron chi connectivity index (χ3n) is 5.46. The summed E-state index contributed by atoms with van der Waals surface area (Å²) in [5.74, 6) is -0.417. The maximum atomic E-state index is 13.2. The molecular weight excluding hydrogens is 416 g/mol. The Kier molecular flexibility index (Phi) is 5.58. The number of rotatable bonds is 6. The molecule has 0 spiro atoms. The minimum absolute atomic E-state index is 0.0964. The summed E-state index contributed by atoms with van der Waals surface area (Å²) in [7, 11) is -3.92. The number of aromatic amines is 1. The van der Waals surface area contributed by atoms with Crippen LogP contribution in [-0.2, 0) is 27.6 Å². The van der Waals surface area contributed by atoms with Crippen molar-refractivity contribution in [2.75, 3.05) is 11.3 Å². The summed E-state index contributed by atoms with van der Waals surface area (Å²) in [5, 5.41) is 0.778. The second-order valence-corrected chi connectivity index (χ2v) is 9.17. The third-order valence-corrected chi connectivity index (χ3v) is 6.93. The van der Waals surface area contributed by atoms with Crippen LogP contribution in [0.2, 0.25) is 0 Å². The van der Waals surface area contributed by atoms with Gasteiger partial charge in [-0.1, -0.05) is 13.0 Å². The molecule has 0 unspecified atom stereocenters. The van der Waals surface area contributed by atoms with Crippen molar-refractivity contribution in [1.82, 2.24) is 4.98 Å². The highest BCUT2D eigenvalue weighted by Crippen LogP contribution is 2.33. The van der Waals surface area contributed by atoms with E-state index in [4.69, 9.17) is 4.74 Å². The summed E-state index contributed by atoms with van der Waals surface area (Å²) in [6.07, 6.45) is 2.57. The summed E-state index contributed by atoms with van der Waals surface area (Å²) in [6, 6.07) is 9.59. The summed E-state index contributed by atoms with van der Waals surface area (Å²) in [6.45, 7) is 3.82. The predicted octanol–water partition coefficient (Wildman–Crippen LogP) is 4.23. The highest BCUT2D eigenvalue weighted by atomic mass is 32.2. The molecule has 0 saturated carbocycles. The molecule has 1 aromatic heterocycles. The SMILES string of the molecule is CCOC(=O)c1cccc(NS(=O)(=O)c2cc3[nH]c4c(c3cc2CC)C(=O)CCC4)c1. The lowest BCUT2D eigenvalue weighted by atomic mass is 9.94. The van der Waals surface area contributed by atoms with Gasteiger partial charge in [-0.15, -0.1) is 0 Å². The average Bonchev–Trinajstić information content (AvgIpc) is 3.11. The van der Waals surface area contributed by atoms with Crippen molar-refractivity contribution in [3.8, 4) is 0 Å². The number of hydrogen-bond acceptors (Lipinski definition) is 5. The number of hydrogen-bond donors (Lipinski definition) is 2. The number of sulfonamides is 1. The first kappa shape index (κ1) is 21.1. The van der Waals surface area contributed by atoms with E-state index in [9.17, 15) is 18.0 Å². The lowest BCUT2D eigenvalue weighted by molar-refractivity contribution is 0.0526. The zero-order valence-corrected chi connectivity index (χ0v) is 18.3. The molecule has 31 heavy (non-hydrogen) atoms. The van der Waals surface area contributed by atoms with E-state index in [1.165, 1.54) is 6.07 Å². The normalized spacial score (nSPS) is 13.8. The monoisotopic (exact) mass is 440 g/mol. The molecule has 4 rings (SSSR count). The maximum absolute atomic E-state index is 13.2. The van der Waals surface area contributed by atoms with Gasteiger partial charge in [0.1, 0.15) is 0 Å². The molecule has 0 saturated heterocycles. The summed E-state index contributed by atoms with van der Waals surface area (Å²) < 4.78 is 34.0. The molecule has 2 aromatic carbocycles. The van der Waals surface area contributed by atoms with Crippen LogP contribution in [0.4, 0.5) is 5.69 Å². The van der Waals surface area contributed by atoms with Crippen molar-refractivity contribution in [2.45, 2.75) is 44.4 Å². The van der Waals surface area contributed by atoms with E-state index < -0.39 is 16.0 Å². The number of ether oxygens (including phenoxy) is 1. The first-order valence-electron chi connectivity index (χ1n) is 10.3. The molecule has 0 bridgehead atoms. The molecule has 1 aliphatic rings. The Balaban J connectivity index is 1.74. The molecule has 162 valence electrons. The van der Waals surface area contributed by atoms with Crippen LogP contribution in [0.3, 0.4) is 0 Å². The zero-order valence-electron chi connectivity index (χ0n) is 17.4. The molecule has 0 amide bonds. The third kappa shape index (κ3) is 3.95. The smallest absolute Gasteiger partial charge is 0.338 e. The number of Topliss-reactive ketones (excluding diaryl/α,β-unsaturated/α-hetero) is 1. The van der Waals surface area contributed by atoms with Crippen molar-refractivity contribution in [2.24, 2.45) is 0 Å². The number of aryl methyl sites for hydroxylation is 2. The molecule has 8 heteroatoms. The Morgan fingerprint density at radius 1 is 1.16 bits per heavy atom. The van der Waals surface area contributed by atoms with Crippen LogP contribution < -0.4 is 4.72 Å². The Bertz CT molecular complexity index is 1290. The number of fused-ring (bicyclic) bond motifs is 3. The summed E-state index contributed by atoms with van der Waals surface area (Å²) in [4.78, 5) is 27.8. The van der Waals surface area contributed by atoms with E-state index in [2.05, 4.69) is 9.71 Å². The number of esters is 1. The van der Waals surface area contributed by atoms with Gasteiger partial charge in [0.25, 0.3) is 10.0 Å². The van der Waals surface area contributed by atoms with E-state index >= 15 is 0 Å². The van der Waals surface area contributed by atoms with E-state index in [1.54, 1.807) is 37.3 Å². The Labute approximate surface area is 180 Å². The fourth-order valence-corrected chi connectivity index (χ4v) is 5.41. The molecule has 3 aromatic rings. The molecule has 0 atom stereocenters. The minimum atomic E-state index is -3.92. The number of carbonyl (C=O) groups excluding carboxylic acids is 2. The molecule has 0 aliphatic heterocycles. The van der Waals surface area contributed by atoms with Gasteiger partial charge in [-0.05, 0) is 62.1 Å². The van der Waals surface area contributed by atoms with Gasteiger partial charge in [0.2, 0.25) is 0 Å². The predicted molar refractivity (Wildman–Crippen MR) is 118 cm³/mol. The number of H-pyrrole nitrogens is 1. The van der Waals surface area contributed by atoms with Gasteiger partial charge >= 0.3 is 5.97 Å². The van der Waals surface area contributed by atoms with Gasteiger partial charge in [0.05, 0.1) is 17.1 Å². The maximum Gasteiger partial charge on any atom is 0.338 e. The van der Waals surface area contributed by atoms with Crippen LogP contribution in [-0.4, -0.2) is 31.8 Å². The second kappa shape index (κ2) is 8.19. The van der Waals surface area contributed by atoms with Gasteiger partial charge < -0.3 is 9.72 Å². The van der Waals surface area contributed by atoms with Crippen LogP contribution in [0, 0.1) is 0 Å². The molecule has 1 aliphatic carbocycles. The number of benzene rings is 2. The van der Waals surface area contributed by atoms with E-state index in [0.29, 0.717) is 29.5 Å². The van der Waals surface area contributed by atoms with Gasteiger partial charge in [-0.25, -0.2) is 13.2 Å². The molecule has 7 nitrogen and oxygen atoms in total. The van der Waals surface area contributed by atoms with E-state index in [0.717, 1.165) is 23.9 Å². The van der Waals surface area contributed by atoms with Crippen LogP contribution in [0.25, 0.3) is 10.9 Å². The number of carbonyl (C=O) groups is 2. The van der Waals surface area contributed by atoms with Crippen LogP contribution >= 0.6 is 0 Å². The van der Waals surface area contributed by atoms with Crippen molar-refractivity contribution in [3.05, 3.63) is 58.8 Å². The van der Waals surface area contributed by atoms with Crippen LogP contribution in [0.15, 0.2) is 41.3 Å². The first-order chi connectivity index (χ1) is 14.8. The summed E-state index contributed by atoms with van der Waals surface area (Å²) >= 11 is 0. The molecule has 1 heterocycles. The zero-order chi connectivity index (χ0) is 22.2. The lowest BCUT2D eigenvalue weighted by Crippen LogP contribution is -2.15. The molecule has 0 radical (unpaired) electrons. The molecule has 0 fully saturated rings. The largest absolute Gasteiger partial charge is 0.462 e. The highest BCUT2D eigenvalue weighted by Gasteiger charge is 2.26. The summed E-state index contributed by atoms with van der Waals surface area (Å²) in [5.41, 5.74) is 3.37. The fraction of sp³-hybridized carbons (Fsp3) is 0.304. The van der Waals surface area contributed by atoms with Crippen molar-refractivity contribution >= 4 is 38.4 Å². The Hall–Kier alpha value is -3.13. The van der Waals surface area contributed by atoms with Crippen molar-refractivity contribution < 1.29 is 22.7 Å². The Morgan fingerprint density at radius 3 is 2.71 bits per heavy atom. The first-order valence-corrected chi connectivity index (χ1v) is 11.8. The topological polar surface area (TPSA) is 105 Å². The van der Waals surface area contributed by atoms with Crippen LogP contribution in [0.1, 0.15) is 58.7 Å². The fourth-order valence-electron chi connectivity index (χ4n) is 4.04. The second-order valence-electron chi connectivity index (χ2n) is 7.52. The van der Waals surface area contributed by atoms with Gasteiger partial charge in [0.15, 0.2) is 5.78 Å². The molecule has 2 N–H and O–H groups in total. The number of ketones is 1. The van der Waals surface area contributed by atoms with Crippen LogP contribution in [0.5, 0.6) is 0 Å². The lowest BCUT2D eigenvalue weighted by Gasteiger charge is -2.13. The van der Waals surface area contributed by atoms with Gasteiger partial charge in [-0.3, -0.25) is 9.52 Å². The highest BCUT2D eigenvalue weighted by molar-refractivity contribution is 7.92. The number of anilines is 1. The quantitative estimate of drug-likeness (QED) is 0.558. The van der Waals surface area contributed by atoms with Gasteiger partial charge in [-0.2, -0.15) is 0 Å². The standard InChI is InChI=1S/C23H24N2O5S/c1-3-14-12-17-19(24-18-9-6-10-20(26)22(17)18)13-21(14)31(28,29)25-16-8-5-7-15(11-16)23(27)30-4-2/h5,7-8,11-13,24-25H,3-4,6,9-10H2,1-2H3. The van der Waals surface area contributed by atoms with E-state index in [1.807, 2.05) is 6.92 Å².